The van der Waals surface area contributed by atoms with E-state index in [0.717, 1.165) is 25.1 Å². The maximum absolute atomic E-state index is 5.33. The zero-order chi connectivity index (χ0) is 13.0. The van der Waals surface area contributed by atoms with Crippen molar-refractivity contribution < 1.29 is 4.42 Å². The molecule has 1 N–H and O–H groups in total. The Hall–Kier alpha value is -0.580. The van der Waals surface area contributed by atoms with E-state index in [1.807, 2.05) is 23.5 Å². The van der Waals surface area contributed by atoms with Crippen LogP contribution in [-0.2, 0) is 13.0 Å². The number of hydrogen-bond donors (Lipinski definition) is 1. The number of hydrogen-bond acceptors (Lipinski definition) is 3. The lowest BCUT2D eigenvalue weighted by Gasteiger charge is -2.11. The van der Waals surface area contributed by atoms with E-state index in [0.29, 0.717) is 6.04 Å². The number of furan rings is 1. The van der Waals surface area contributed by atoms with Gasteiger partial charge >= 0.3 is 0 Å². The number of nitrogens with one attached hydrogen (secondary N) is 1. The molecule has 1 unspecified atom stereocenters. The molecule has 0 aliphatic heterocycles. The molecule has 0 saturated carbocycles. The number of aryl methyl sites for hydroxylation is 2. The van der Waals surface area contributed by atoms with Gasteiger partial charge in [-0.15, -0.1) is 11.3 Å². The monoisotopic (exact) mass is 327 g/mol. The van der Waals surface area contributed by atoms with Crippen LogP contribution in [0.25, 0.3) is 0 Å². The van der Waals surface area contributed by atoms with Crippen molar-refractivity contribution in [1.29, 1.82) is 0 Å². The third-order valence-corrected chi connectivity index (χ3v) is 5.07. The molecule has 0 aliphatic carbocycles. The highest BCUT2D eigenvalue weighted by Crippen LogP contribution is 2.26. The summed E-state index contributed by atoms with van der Waals surface area (Å²) in [7, 11) is 0. The lowest BCUT2D eigenvalue weighted by Crippen LogP contribution is -2.25. The molecule has 2 rings (SSSR count). The predicted molar refractivity (Wildman–Crippen MR) is 80.1 cm³/mol. The lowest BCUT2D eigenvalue weighted by molar-refractivity contribution is 0.461. The van der Waals surface area contributed by atoms with Crippen LogP contribution in [0.1, 0.15) is 28.9 Å². The minimum Gasteiger partial charge on any atom is -0.469 e. The molecule has 1 atom stereocenters. The van der Waals surface area contributed by atoms with Crippen LogP contribution in [0.5, 0.6) is 0 Å². The van der Waals surface area contributed by atoms with Gasteiger partial charge in [0.1, 0.15) is 5.76 Å². The maximum Gasteiger partial charge on any atom is 0.103 e. The molecule has 2 aromatic rings. The van der Waals surface area contributed by atoms with Crippen LogP contribution in [0.15, 0.2) is 33.4 Å². The van der Waals surface area contributed by atoms with Crippen LogP contribution in [0.2, 0.25) is 0 Å². The summed E-state index contributed by atoms with van der Waals surface area (Å²) in [6.45, 7) is 5.30. The Morgan fingerprint density at radius 3 is 2.94 bits per heavy atom. The Balaban J connectivity index is 1.73. The van der Waals surface area contributed by atoms with Gasteiger partial charge in [-0.2, -0.15) is 0 Å². The van der Waals surface area contributed by atoms with Crippen LogP contribution < -0.4 is 5.32 Å². The number of thiophene rings is 1. The van der Waals surface area contributed by atoms with E-state index < -0.39 is 0 Å². The fraction of sp³-hybridized carbons (Fsp3) is 0.429. The van der Waals surface area contributed by atoms with Crippen molar-refractivity contribution in [2.24, 2.45) is 0 Å². The van der Waals surface area contributed by atoms with Crippen molar-refractivity contribution in [3.8, 4) is 0 Å². The van der Waals surface area contributed by atoms with Gasteiger partial charge in [-0.3, -0.25) is 0 Å². The summed E-state index contributed by atoms with van der Waals surface area (Å²) in [4.78, 5) is 2.72. The Kier molecular flexibility index (Phi) is 5.03. The lowest BCUT2D eigenvalue weighted by atomic mass is 10.1. The fourth-order valence-corrected chi connectivity index (χ4v) is 3.35. The summed E-state index contributed by atoms with van der Waals surface area (Å²) in [6.07, 6.45) is 3.83. The van der Waals surface area contributed by atoms with Gasteiger partial charge < -0.3 is 9.73 Å². The summed E-state index contributed by atoms with van der Waals surface area (Å²) < 4.78 is 6.55. The zero-order valence-electron chi connectivity index (χ0n) is 10.7. The first-order valence-electron chi connectivity index (χ1n) is 6.15. The molecular weight excluding hydrogens is 310 g/mol. The molecule has 0 fully saturated rings. The minimum absolute atomic E-state index is 0.497. The second kappa shape index (κ2) is 6.55. The van der Waals surface area contributed by atoms with Crippen molar-refractivity contribution in [3.05, 3.63) is 44.4 Å². The van der Waals surface area contributed by atoms with Gasteiger partial charge in [0, 0.05) is 33.2 Å². The topological polar surface area (TPSA) is 25.2 Å². The first-order valence-corrected chi connectivity index (χ1v) is 7.76. The van der Waals surface area contributed by atoms with Gasteiger partial charge in [-0.1, -0.05) is 0 Å². The van der Waals surface area contributed by atoms with E-state index in [2.05, 4.69) is 41.2 Å². The maximum atomic E-state index is 5.33. The highest BCUT2D eigenvalue weighted by Gasteiger charge is 2.06. The first kappa shape index (κ1) is 13.8. The van der Waals surface area contributed by atoms with Crippen molar-refractivity contribution in [2.75, 3.05) is 0 Å². The number of halogens is 1. The quantitative estimate of drug-likeness (QED) is 0.843. The summed E-state index contributed by atoms with van der Waals surface area (Å²) in [5, 5.41) is 3.55. The van der Waals surface area contributed by atoms with Gasteiger partial charge in [-0.25, -0.2) is 0 Å². The van der Waals surface area contributed by atoms with Gasteiger partial charge in [0.05, 0.1) is 6.26 Å². The first-order chi connectivity index (χ1) is 8.65. The summed E-state index contributed by atoms with van der Waals surface area (Å²) >= 11 is 5.39. The van der Waals surface area contributed by atoms with E-state index in [-0.39, 0.29) is 0 Å². The second-order valence-corrected chi connectivity index (χ2v) is 6.71. The van der Waals surface area contributed by atoms with Crippen molar-refractivity contribution in [2.45, 2.75) is 39.3 Å². The van der Waals surface area contributed by atoms with E-state index in [1.54, 1.807) is 6.26 Å². The van der Waals surface area contributed by atoms with Crippen molar-refractivity contribution >= 4 is 27.3 Å². The molecule has 2 aromatic heterocycles. The molecular formula is C14H18BrNOS. The van der Waals surface area contributed by atoms with Crippen LogP contribution in [-0.4, -0.2) is 6.04 Å². The Morgan fingerprint density at radius 1 is 1.50 bits per heavy atom. The van der Waals surface area contributed by atoms with E-state index in [1.165, 1.54) is 14.2 Å². The molecule has 0 saturated heterocycles. The molecule has 0 bridgehead atoms. The highest BCUT2D eigenvalue weighted by atomic mass is 79.9. The largest absolute Gasteiger partial charge is 0.469 e. The predicted octanol–water partition coefficient (Wildman–Crippen LogP) is 4.52. The van der Waals surface area contributed by atoms with Crippen LogP contribution in [0.4, 0.5) is 0 Å². The van der Waals surface area contributed by atoms with Gasteiger partial charge in [0.2, 0.25) is 0 Å². The summed E-state index contributed by atoms with van der Waals surface area (Å²) in [5.41, 5.74) is 0. The Bertz CT molecular complexity index is 458. The standard InChI is InChI=1S/C14H18BrNOS/c1-10(5-6-12-4-3-7-17-12)16-9-13-8-14(15)11(2)18-13/h3-4,7-8,10,16H,5-6,9H2,1-2H3. The molecule has 0 radical (unpaired) electrons. The fourth-order valence-electron chi connectivity index (χ4n) is 1.80. The van der Waals surface area contributed by atoms with E-state index in [9.17, 15) is 0 Å². The molecule has 98 valence electrons. The third-order valence-electron chi connectivity index (χ3n) is 2.94. The summed E-state index contributed by atoms with van der Waals surface area (Å²) in [6, 6.07) is 6.68. The highest BCUT2D eigenvalue weighted by molar-refractivity contribution is 9.10. The van der Waals surface area contributed by atoms with Gasteiger partial charge in [0.25, 0.3) is 0 Å². The average molecular weight is 328 g/mol. The minimum atomic E-state index is 0.497. The van der Waals surface area contributed by atoms with Crippen LogP contribution in [0, 0.1) is 6.92 Å². The molecule has 0 amide bonds. The third kappa shape index (κ3) is 3.97. The molecule has 0 aliphatic rings. The van der Waals surface area contributed by atoms with E-state index in [4.69, 9.17) is 4.42 Å². The Morgan fingerprint density at radius 2 is 2.33 bits per heavy atom. The second-order valence-electron chi connectivity index (χ2n) is 4.52. The van der Waals surface area contributed by atoms with E-state index >= 15 is 0 Å². The molecule has 0 aromatic carbocycles. The molecule has 0 spiro atoms. The summed E-state index contributed by atoms with van der Waals surface area (Å²) in [5.74, 6) is 1.07. The van der Waals surface area contributed by atoms with Gasteiger partial charge in [0.15, 0.2) is 0 Å². The SMILES string of the molecule is Cc1sc(CNC(C)CCc2ccco2)cc1Br. The van der Waals surface area contributed by atoms with Crippen LogP contribution >= 0.6 is 27.3 Å². The molecule has 18 heavy (non-hydrogen) atoms. The molecule has 4 heteroatoms. The smallest absolute Gasteiger partial charge is 0.103 e. The van der Waals surface area contributed by atoms with Crippen molar-refractivity contribution in [3.63, 3.8) is 0 Å². The molecule has 2 nitrogen and oxygen atoms in total. The number of rotatable bonds is 6. The van der Waals surface area contributed by atoms with Crippen LogP contribution in [0.3, 0.4) is 0 Å². The average Bonchev–Trinajstić information content (AvgIpc) is 2.95. The zero-order valence-corrected chi connectivity index (χ0v) is 13.1. The normalized spacial score (nSPS) is 12.8. The van der Waals surface area contributed by atoms with Crippen molar-refractivity contribution in [1.82, 2.24) is 5.32 Å². The molecule has 2 heterocycles. The van der Waals surface area contributed by atoms with Gasteiger partial charge in [-0.05, 0) is 54.4 Å². The Labute approximate surface area is 121 Å².